The van der Waals surface area contributed by atoms with Crippen LogP contribution in [0.15, 0.2) is 36.4 Å². The van der Waals surface area contributed by atoms with Crippen LogP contribution in [0.4, 0.5) is 10.1 Å². The van der Waals surface area contributed by atoms with Gasteiger partial charge in [-0.25, -0.2) is 4.39 Å². The van der Waals surface area contributed by atoms with E-state index in [0.717, 1.165) is 11.1 Å². The lowest BCUT2D eigenvalue weighted by molar-refractivity contribution is 0.102. The Morgan fingerprint density at radius 1 is 1.15 bits per heavy atom. The predicted octanol–water partition coefficient (Wildman–Crippen LogP) is 3.70. The number of benzene rings is 2. The fourth-order valence-corrected chi connectivity index (χ4v) is 1.92. The highest BCUT2D eigenvalue weighted by Gasteiger charge is 2.14. The van der Waals surface area contributed by atoms with Crippen LogP contribution >= 0.6 is 0 Å². The lowest BCUT2D eigenvalue weighted by Crippen LogP contribution is -2.14. The molecular formula is C16H16FNO2. The van der Waals surface area contributed by atoms with Crippen LogP contribution in [0.5, 0.6) is 5.75 Å². The number of methoxy groups -OCH3 is 1. The minimum Gasteiger partial charge on any atom is -0.496 e. The van der Waals surface area contributed by atoms with Crippen molar-refractivity contribution >= 4 is 11.6 Å². The quantitative estimate of drug-likeness (QED) is 0.926. The summed E-state index contributed by atoms with van der Waals surface area (Å²) in [5, 5.41) is 2.78. The zero-order valence-corrected chi connectivity index (χ0v) is 11.7. The van der Waals surface area contributed by atoms with Crippen molar-refractivity contribution in [1.29, 1.82) is 0 Å². The van der Waals surface area contributed by atoms with Gasteiger partial charge in [-0.3, -0.25) is 4.79 Å². The summed E-state index contributed by atoms with van der Waals surface area (Å²) in [7, 11) is 1.45. The molecule has 0 saturated carbocycles. The molecule has 0 atom stereocenters. The van der Waals surface area contributed by atoms with Crippen molar-refractivity contribution in [3.05, 3.63) is 58.9 Å². The van der Waals surface area contributed by atoms with Crippen LogP contribution in [0, 0.1) is 19.7 Å². The minimum absolute atomic E-state index is 0.174. The van der Waals surface area contributed by atoms with Crippen molar-refractivity contribution in [2.75, 3.05) is 12.4 Å². The average Bonchev–Trinajstić information content (AvgIpc) is 2.42. The first-order valence-corrected chi connectivity index (χ1v) is 6.23. The van der Waals surface area contributed by atoms with Crippen LogP contribution < -0.4 is 10.1 Å². The van der Waals surface area contributed by atoms with Crippen LogP contribution in [0.3, 0.4) is 0 Å². The van der Waals surface area contributed by atoms with Gasteiger partial charge in [0.1, 0.15) is 11.6 Å². The third-order valence-electron chi connectivity index (χ3n) is 3.05. The van der Waals surface area contributed by atoms with Crippen molar-refractivity contribution in [2.45, 2.75) is 13.8 Å². The maximum atomic E-state index is 13.3. The first-order chi connectivity index (χ1) is 9.51. The van der Waals surface area contributed by atoms with Gasteiger partial charge in [-0.2, -0.15) is 0 Å². The minimum atomic E-state index is -0.475. The van der Waals surface area contributed by atoms with E-state index in [9.17, 15) is 9.18 Å². The second-order valence-electron chi connectivity index (χ2n) is 4.62. The number of amides is 1. The van der Waals surface area contributed by atoms with Gasteiger partial charge < -0.3 is 10.1 Å². The molecule has 0 heterocycles. The highest BCUT2D eigenvalue weighted by Crippen LogP contribution is 2.22. The van der Waals surface area contributed by atoms with Gasteiger partial charge in [0.15, 0.2) is 0 Å². The molecule has 0 aliphatic carbocycles. The molecule has 4 heteroatoms. The molecule has 2 aromatic carbocycles. The van der Waals surface area contributed by atoms with Crippen molar-refractivity contribution in [3.63, 3.8) is 0 Å². The largest absolute Gasteiger partial charge is 0.496 e. The van der Waals surface area contributed by atoms with Crippen molar-refractivity contribution in [3.8, 4) is 5.75 Å². The lowest BCUT2D eigenvalue weighted by atomic mass is 10.1. The maximum absolute atomic E-state index is 13.3. The van der Waals surface area contributed by atoms with Crippen molar-refractivity contribution in [2.24, 2.45) is 0 Å². The molecule has 2 aromatic rings. The number of rotatable bonds is 3. The molecule has 3 nitrogen and oxygen atoms in total. The standard InChI is InChI=1S/C16H16FNO2/c1-10-4-5-11(2)14(8-10)18-16(19)13-9-12(17)6-7-15(13)20-3/h4-9H,1-3H3,(H,18,19). The summed E-state index contributed by atoms with van der Waals surface area (Å²) in [6, 6.07) is 9.63. The molecule has 1 N–H and O–H groups in total. The van der Waals surface area contributed by atoms with E-state index in [1.54, 1.807) is 0 Å². The number of anilines is 1. The molecule has 104 valence electrons. The molecule has 0 unspecified atom stereocenters. The van der Waals surface area contributed by atoms with Crippen LogP contribution in [0.1, 0.15) is 21.5 Å². The Labute approximate surface area is 117 Å². The van der Waals surface area contributed by atoms with Gasteiger partial charge in [0.2, 0.25) is 0 Å². The monoisotopic (exact) mass is 273 g/mol. The number of halogens is 1. The summed E-state index contributed by atoms with van der Waals surface area (Å²) in [5.74, 6) is -0.527. The lowest BCUT2D eigenvalue weighted by Gasteiger charge is -2.11. The molecule has 0 radical (unpaired) electrons. The number of ether oxygens (including phenoxy) is 1. The average molecular weight is 273 g/mol. The zero-order valence-electron chi connectivity index (χ0n) is 11.7. The van der Waals surface area contributed by atoms with E-state index < -0.39 is 11.7 Å². The smallest absolute Gasteiger partial charge is 0.259 e. The number of carbonyl (C=O) groups is 1. The van der Waals surface area contributed by atoms with Gasteiger partial charge in [0, 0.05) is 5.69 Å². The van der Waals surface area contributed by atoms with E-state index in [0.29, 0.717) is 11.4 Å². The van der Waals surface area contributed by atoms with Gasteiger partial charge in [-0.05, 0) is 49.2 Å². The van der Waals surface area contributed by atoms with Gasteiger partial charge in [-0.15, -0.1) is 0 Å². The maximum Gasteiger partial charge on any atom is 0.259 e. The highest BCUT2D eigenvalue weighted by molar-refractivity contribution is 6.06. The summed E-state index contributed by atoms with van der Waals surface area (Å²) < 4.78 is 18.4. The van der Waals surface area contributed by atoms with Crippen LogP contribution in [-0.4, -0.2) is 13.0 Å². The normalized spacial score (nSPS) is 10.2. The second kappa shape index (κ2) is 5.74. The van der Waals surface area contributed by atoms with E-state index in [4.69, 9.17) is 4.74 Å². The Bertz CT molecular complexity index is 653. The molecule has 20 heavy (non-hydrogen) atoms. The molecule has 1 amide bonds. The third kappa shape index (κ3) is 2.96. The van der Waals surface area contributed by atoms with Crippen LogP contribution in [0.2, 0.25) is 0 Å². The fraction of sp³-hybridized carbons (Fsp3) is 0.188. The summed E-state index contributed by atoms with van der Waals surface area (Å²) >= 11 is 0. The Hall–Kier alpha value is -2.36. The van der Waals surface area contributed by atoms with Crippen LogP contribution in [0.25, 0.3) is 0 Å². The SMILES string of the molecule is COc1ccc(F)cc1C(=O)Nc1cc(C)ccc1C. The molecule has 0 aromatic heterocycles. The van der Waals surface area contributed by atoms with Crippen molar-refractivity contribution in [1.82, 2.24) is 0 Å². The van der Waals surface area contributed by atoms with Crippen molar-refractivity contribution < 1.29 is 13.9 Å². The van der Waals surface area contributed by atoms with Gasteiger partial charge >= 0.3 is 0 Å². The fourth-order valence-electron chi connectivity index (χ4n) is 1.92. The zero-order chi connectivity index (χ0) is 14.7. The topological polar surface area (TPSA) is 38.3 Å². The summed E-state index contributed by atoms with van der Waals surface area (Å²) in [5.41, 5.74) is 2.87. The first-order valence-electron chi connectivity index (χ1n) is 6.23. The Kier molecular flexibility index (Phi) is 4.03. The molecule has 2 rings (SSSR count). The third-order valence-corrected chi connectivity index (χ3v) is 3.05. The second-order valence-corrected chi connectivity index (χ2v) is 4.62. The summed E-state index contributed by atoms with van der Waals surface area (Å²) in [6.07, 6.45) is 0. The highest BCUT2D eigenvalue weighted by atomic mass is 19.1. The number of nitrogens with one attached hydrogen (secondary N) is 1. The molecule has 0 aliphatic rings. The first kappa shape index (κ1) is 14.1. The van der Waals surface area contributed by atoms with E-state index in [2.05, 4.69) is 5.32 Å². The molecule has 0 spiro atoms. The Morgan fingerprint density at radius 3 is 2.60 bits per heavy atom. The van der Waals surface area contributed by atoms with E-state index >= 15 is 0 Å². The van der Waals surface area contributed by atoms with E-state index in [1.165, 1.54) is 25.3 Å². The van der Waals surface area contributed by atoms with Crippen LogP contribution in [-0.2, 0) is 0 Å². The van der Waals surface area contributed by atoms with Gasteiger partial charge in [-0.1, -0.05) is 12.1 Å². The van der Waals surface area contributed by atoms with E-state index in [-0.39, 0.29) is 5.56 Å². The number of hydrogen-bond acceptors (Lipinski definition) is 2. The van der Waals surface area contributed by atoms with Gasteiger partial charge in [0.25, 0.3) is 5.91 Å². The number of carbonyl (C=O) groups excluding carboxylic acids is 1. The molecule has 0 saturated heterocycles. The Morgan fingerprint density at radius 2 is 1.90 bits per heavy atom. The molecule has 0 bridgehead atoms. The van der Waals surface area contributed by atoms with Gasteiger partial charge in [0.05, 0.1) is 12.7 Å². The molecular weight excluding hydrogens is 257 g/mol. The molecule has 0 fully saturated rings. The predicted molar refractivity (Wildman–Crippen MR) is 76.8 cm³/mol. The van der Waals surface area contributed by atoms with E-state index in [1.807, 2.05) is 32.0 Å². The molecule has 0 aliphatic heterocycles. The Balaban J connectivity index is 2.32. The summed E-state index contributed by atoms with van der Waals surface area (Å²) in [4.78, 5) is 12.3. The summed E-state index contributed by atoms with van der Waals surface area (Å²) in [6.45, 7) is 3.84. The number of aryl methyl sites for hydroxylation is 2. The number of hydrogen-bond donors (Lipinski definition) is 1.